The summed E-state index contributed by atoms with van der Waals surface area (Å²) in [6, 6.07) is 19.3. The number of nitro benzene ring substituents is 1. The van der Waals surface area contributed by atoms with Gasteiger partial charge in [-0.25, -0.2) is 4.98 Å². The zero-order valence-corrected chi connectivity index (χ0v) is 21.8. The summed E-state index contributed by atoms with van der Waals surface area (Å²) in [4.78, 5) is 44.8. The minimum Gasteiger partial charge on any atom is -0.494 e. The minimum atomic E-state index is -0.631. The van der Waals surface area contributed by atoms with Gasteiger partial charge >= 0.3 is 0 Å². The zero-order chi connectivity index (χ0) is 27.4. The Hall–Kier alpha value is -4.53. The summed E-state index contributed by atoms with van der Waals surface area (Å²) in [5, 5.41) is 11.8. The summed E-state index contributed by atoms with van der Waals surface area (Å²) in [6.07, 6.45) is 0. The number of nitrogens with zero attached hydrogens (tertiary/aromatic N) is 4. The third-order valence-electron chi connectivity index (χ3n) is 6.18. The van der Waals surface area contributed by atoms with Crippen LogP contribution in [0.25, 0.3) is 16.6 Å². The SMILES string of the molecule is CCOc1ccc(-n2c(C(C)N(CC(C)C)C(=O)c3cccc([N+](=O)[O-])c3)nc3ccccc3c2=O)cc1. The molecule has 0 saturated heterocycles. The molecule has 4 rings (SSSR count). The number of carbonyl (C=O) groups is 1. The fraction of sp³-hybridized carbons (Fsp3) is 0.276. The molecule has 0 aliphatic heterocycles. The molecule has 0 bridgehead atoms. The highest BCUT2D eigenvalue weighted by atomic mass is 16.6. The molecule has 4 aromatic rings. The van der Waals surface area contributed by atoms with Gasteiger partial charge in [-0.05, 0) is 62.2 Å². The average Bonchev–Trinajstić information content (AvgIpc) is 2.91. The Labute approximate surface area is 220 Å². The lowest BCUT2D eigenvalue weighted by atomic mass is 10.1. The second-order valence-electron chi connectivity index (χ2n) is 9.39. The Kier molecular flexibility index (Phi) is 7.85. The van der Waals surface area contributed by atoms with E-state index < -0.39 is 11.0 Å². The van der Waals surface area contributed by atoms with Gasteiger partial charge in [0.15, 0.2) is 0 Å². The molecule has 196 valence electrons. The van der Waals surface area contributed by atoms with Gasteiger partial charge in [0.2, 0.25) is 0 Å². The molecule has 38 heavy (non-hydrogen) atoms. The van der Waals surface area contributed by atoms with Crippen molar-refractivity contribution in [3.63, 3.8) is 0 Å². The second-order valence-corrected chi connectivity index (χ2v) is 9.39. The van der Waals surface area contributed by atoms with Crippen LogP contribution in [0, 0.1) is 16.0 Å². The lowest BCUT2D eigenvalue weighted by Gasteiger charge is -2.32. The number of para-hydroxylation sites is 1. The van der Waals surface area contributed by atoms with Crippen molar-refractivity contribution in [3.05, 3.63) is 105 Å². The van der Waals surface area contributed by atoms with E-state index in [-0.39, 0.29) is 28.6 Å². The fourth-order valence-corrected chi connectivity index (χ4v) is 4.41. The lowest BCUT2D eigenvalue weighted by Crippen LogP contribution is -2.39. The minimum absolute atomic E-state index is 0.0891. The molecule has 9 heteroatoms. The summed E-state index contributed by atoms with van der Waals surface area (Å²) >= 11 is 0. The monoisotopic (exact) mass is 514 g/mol. The van der Waals surface area contributed by atoms with Crippen molar-refractivity contribution in [2.45, 2.75) is 33.7 Å². The highest BCUT2D eigenvalue weighted by molar-refractivity contribution is 5.95. The predicted molar refractivity (Wildman–Crippen MR) is 146 cm³/mol. The van der Waals surface area contributed by atoms with Gasteiger partial charge in [-0.2, -0.15) is 0 Å². The fourth-order valence-electron chi connectivity index (χ4n) is 4.41. The van der Waals surface area contributed by atoms with E-state index in [1.165, 1.54) is 22.8 Å². The van der Waals surface area contributed by atoms with Gasteiger partial charge in [0.05, 0.1) is 34.2 Å². The van der Waals surface area contributed by atoms with Crippen LogP contribution in [0.4, 0.5) is 5.69 Å². The van der Waals surface area contributed by atoms with Crippen LogP contribution in [0.2, 0.25) is 0 Å². The Balaban J connectivity index is 1.88. The van der Waals surface area contributed by atoms with Crippen LogP contribution in [0.3, 0.4) is 0 Å². The Morgan fingerprint density at radius 1 is 1.05 bits per heavy atom. The van der Waals surface area contributed by atoms with Crippen LogP contribution < -0.4 is 10.3 Å². The lowest BCUT2D eigenvalue weighted by molar-refractivity contribution is -0.384. The van der Waals surface area contributed by atoms with Crippen LogP contribution >= 0.6 is 0 Å². The molecule has 0 saturated carbocycles. The molecule has 1 amide bonds. The zero-order valence-electron chi connectivity index (χ0n) is 21.8. The average molecular weight is 515 g/mol. The first kappa shape index (κ1) is 26.5. The predicted octanol–water partition coefficient (Wildman–Crippen LogP) is 5.55. The molecule has 1 unspecified atom stereocenters. The Morgan fingerprint density at radius 3 is 2.42 bits per heavy atom. The van der Waals surface area contributed by atoms with Crippen LogP contribution in [0.15, 0.2) is 77.6 Å². The van der Waals surface area contributed by atoms with Gasteiger partial charge < -0.3 is 9.64 Å². The number of benzene rings is 3. The highest BCUT2D eigenvalue weighted by Crippen LogP contribution is 2.27. The molecule has 0 aliphatic rings. The number of hydrogen-bond donors (Lipinski definition) is 0. The largest absolute Gasteiger partial charge is 0.494 e. The quantitative estimate of drug-likeness (QED) is 0.214. The number of fused-ring (bicyclic) bond motifs is 1. The van der Waals surface area contributed by atoms with E-state index in [0.29, 0.717) is 41.3 Å². The molecule has 3 aromatic carbocycles. The van der Waals surface area contributed by atoms with Crippen molar-refractivity contribution in [2.24, 2.45) is 5.92 Å². The number of nitro groups is 1. The summed E-state index contributed by atoms with van der Waals surface area (Å²) in [5.41, 5.74) is 0.888. The van der Waals surface area contributed by atoms with Gasteiger partial charge in [-0.3, -0.25) is 24.3 Å². The van der Waals surface area contributed by atoms with Crippen molar-refractivity contribution in [3.8, 4) is 11.4 Å². The van der Waals surface area contributed by atoms with Gasteiger partial charge in [-0.15, -0.1) is 0 Å². The molecule has 0 spiro atoms. The molecule has 0 aliphatic carbocycles. The van der Waals surface area contributed by atoms with E-state index in [0.717, 1.165) is 0 Å². The normalized spacial score (nSPS) is 11.9. The summed E-state index contributed by atoms with van der Waals surface area (Å²) in [6.45, 7) is 8.55. The number of non-ortho nitro benzene ring substituents is 1. The van der Waals surface area contributed by atoms with Crippen molar-refractivity contribution in [1.82, 2.24) is 14.5 Å². The molecule has 0 N–H and O–H groups in total. The molecule has 1 heterocycles. The molecular formula is C29H30N4O5. The maximum absolute atomic E-state index is 13.8. The summed E-state index contributed by atoms with van der Waals surface area (Å²) < 4.78 is 7.08. The van der Waals surface area contributed by atoms with E-state index in [9.17, 15) is 19.7 Å². The van der Waals surface area contributed by atoms with Gasteiger partial charge in [0.25, 0.3) is 17.2 Å². The third kappa shape index (κ3) is 5.41. The number of hydrogen-bond acceptors (Lipinski definition) is 6. The highest BCUT2D eigenvalue weighted by Gasteiger charge is 2.29. The van der Waals surface area contributed by atoms with Crippen LogP contribution in [-0.4, -0.2) is 38.4 Å². The van der Waals surface area contributed by atoms with Gasteiger partial charge in [0.1, 0.15) is 11.6 Å². The molecular weight excluding hydrogens is 484 g/mol. The van der Waals surface area contributed by atoms with E-state index >= 15 is 0 Å². The number of ether oxygens (including phenoxy) is 1. The maximum Gasteiger partial charge on any atom is 0.270 e. The first-order valence-electron chi connectivity index (χ1n) is 12.5. The van der Waals surface area contributed by atoms with Crippen molar-refractivity contribution in [2.75, 3.05) is 13.2 Å². The maximum atomic E-state index is 13.8. The van der Waals surface area contributed by atoms with Crippen molar-refractivity contribution in [1.29, 1.82) is 0 Å². The number of aromatic nitrogens is 2. The first-order chi connectivity index (χ1) is 18.2. The second kappa shape index (κ2) is 11.2. The van der Waals surface area contributed by atoms with E-state index in [2.05, 4.69) is 0 Å². The van der Waals surface area contributed by atoms with Crippen molar-refractivity contribution >= 4 is 22.5 Å². The third-order valence-corrected chi connectivity index (χ3v) is 6.18. The number of amides is 1. The van der Waals surface area contributed by atoms with Crippen molar-refractivity contribution < 1.29 is 14.5 Å². The number of rotatable bonds is 9. The Morgan fingerprint density at radius 2 is 1.76 bits per heavy atom. The first-order valence-corrected chi connectivity index (χ1v) is 12.5. The van der Waals surface area contributed by atoms with E-state index in [1.807, 2.05) is 33.8 Å². The van der Waals surface area contributed by atoms with E-state index in [4.69, 9.17) is 9.72 Å². The molecule has 0 fully saturated rings. The number of carbonyl (C=O) groups excluding carboxylic acids is 1. The van der Waals surface area contributed by atoms with Crippen LogP contribution in [0.5, 0.6) is 5.75 Å². The Bertz CT molecular complexity index is 1530. The smallest absolute Gasteiger partial charge is 0.270 e. The molecule has 1 atom stereocenters. The van der Waals surface area contributed by atoms with Crippen LogP contribution in [0.1, 0.15) is 49.9 Å². The summed E-state index contributed by atoms with van der Waals surface area (Å²) in [7, 11) is 0. The van der Waals surface area contributed by atoms with Crippen LogP contribution in [-0.2, 0) is 0 Å². The summed E-state index contributed by atoms with van der Waals surface area (Å²) in [5.74, 6) is 0.772. The topological polar surface area (TPSA) is 108 Å². The van der Waals surface area contributed by atoms with Gasteiger partial charge in [0, 0.05) is 24.2 Å². The standard InChI is InChI=1S/C29H30N4O5/c1-5-38-24-15-13-22(14-16-24)32-27(30-26-12-7-6-11-25(26)29(32)35)20(4)31(18-19(2)3)28(34)21-9-8-10-23(17-21)33(36)37/h6-17,19-20H,5,18H2,1-4H3. The molecule has 9 nitrogen and oxygen atoms in total. The van der Waals surface area contributed by atoms with E-state index in [1.54, 1.807) is 53.4 Å². The molecule has 0 radical (unpaired) electrons. The molecule has 1 aromatic heterocycles. The van der Waals surface area contributed by atoms with Gasteiger partial charge in [-0.1, -0.05) is 32.0 Å².